The lowest BCUT2D eigenvalue weighted by Crippen LogP contribution is -2.49. The summed E-state index contributed by atoms with van der Waals surface area (Å²) in [5.41, 5.74) is 1.33. The number of rotatable bonds is 7. The van der Waals surface area contributed by atoms with Gasteiger partial charge in [-0.15, -0.1) is 24.0 Å². The number of nitrogens with one attached hydrogen (secondary N) is 2. The Hall–Kier alpha value is -1.00. The summed E-state index contributed by atoms with van der Waals surface area (Å²) < 4.78 is 0. The lowest BCUT2D eigenvalue weighted by atomic mass is 9.85. The van der Waals surface area contributed by atoms with Crippen LogP contribution in [0.4, 0.5) is 0 Å². The van der Waals surface area contributed by atoms with Crippen LogP contribution >= 0.6 is 35.7 Å². The van der Waals surface area contributed by atoms with Crippen LogP contribution in [0.1, 0.15) is 38.2 Å². The van der Waals surface area contributed by atoms with E-state index >= 15 is 0 Å². The fraction of sp³-hybridized carbons (Fsp3) is 0.667. The van der Waals surface area contributed by atoms with E-state index in [0.717, 1.165) is 69.3 Å². The molecule has 1 atom stereocenters. The molecule has 6 nitrogen and oxygen atoms in total. The van der Waals surface area contributed by atoms with Crippen molar-refractivity contribution in [2.24, 2.45) is 10.9 Å². The topological polar surface area (TPSA) is 60.0 Å². The van der Waals surface area contributed by atoms with Crippen LogP contribution in [0, 0.1) is 5.92 Å². The summed E-state index contributed by atoms with van der Waals surface area (Å²) in [7, 11) is 3.99. The first-order chi connectivity index (χ1) is 15.1. The molecule has 2 N–H and O–H groups in total. The largest absolute Gasteiger partial charge is 0.355 e. The highest BCUT2D eigenvalue weighted by Crippen LogP contribution is 2.27. The Balaban J connectivity index is 0.00000363. The average molecular weight is 574 g/mol. The van der Waals surface area contributed by atoms with E-state index in [9.17, 15) is 4.79 Å². The first kappa shape index (κ1) is 27.2. The van der Waals surface area contributed by atoms with Crippen molar-refractivity contribution >= 4 is 47.6 Å². The molecule has 1 saturated carbocycles. The normalized spacial score (nSPS) is 22.8. The predicted molar refractivity (Wildman–Crippen MR) is 147 cm³/mol. The predicted octanol–water partition coefficient (Wildman–Crippen LogP) is 3.42. The Kier molecular flexibility index (Phi) is 12.2. The van der Waals surface area contributed by atoms with Gasteiger partial charge in [-0.05, 0) is 45.2 Å². The van der Waals surface area contributed by atoms with E-state index in [-0.39, 0.29) is 29.9 Å². The van der Waals surface area contributed by atoms with Crippen LogP contribution in [0.3, 0.4) is 0 Å². The number of carbonyl (C=O) groups is 1. The maximum absolute atomic E-state index is 12.8. The van der Waals surface area contributed by atoms with Gasteiger partial charge >= 0.3 is 0 Å². The Bertz CT molecular complexity index is 706. The third-order valence-electron chi connectivity index (χ3n) is 6.56. The Morgan fingerprint density at radius 3 is 2.47 bits per heavy atom. The maximum atomic E-state index is 12.8. The minimum absolute atomic E-state index is 0. The van der Waals surface area contributed by atoms with E-state index in [1.807, 2.05) is 18.8 Å². The van der Waals surface area contributed by atoms with Gasteiger partial charge in [-0.3, -0.25) is 14.7 Å². The molecule has 3 rings (SSSR count). The van der Waals surface area contributed by atoms with E-state index in [0.29, 0.717) is 18.0 Å². The maximum Gasteiger partial charge on any atom is 0.225 e. The summed E-state index contributed by atoms with van der Waals surface area (Å²) in [6.07, 6.45) is 4.02. The summed E-state index contributed by atoms with van der Waals surface area (Å²) in [4.78, 5) is 21.6. The van der Waals surface area contributed by atoms with E-state index in [4.69, 9.17) is 0 Å². The number of aliphatic imine (C=N–C) groups is 1. The summed E-state index contributed by atoms with van der Waals surface area (Å²) >= 11 is 1.95. The molecule has 0 radical (unpaired) electrons. The van der Waals surface area contributed by atoms with Crippen molar-refractivity contribution in [1.29, 1.82) is 0 Å². The first-order valence-electron chi connectivity index (χ1n) is 11.6. The second-order valence-electron chi connectivity index (χ2n) is 8.83. The lowest BCUT2D eigenvalue weighted by Gasteiger charge is -2.34. The van der Waals surface area contributed by atoms with Crippen molar-refractivity contribution in [3.63, 3.8) is 0 Å². The highest BCUT2D eigenvalue weighted by Gasteiger charge is 2.30. The standard InChI is InChI=1S/C24H39N5OS.HI/c1-19(28(3)18-20-7-5-4-6-8-20)17-26-24(25-2)27-22-11-9-21(10-12-22)23(30)29-13-15-31-16-14-29;/h4-8,19,21-22H,9-18H2,1-3H3,(H2,25,26,27);1H. The van der Waals surface area contributed by atoms with E-state index < -0.39 is 0 Å². The molecule has 0 aromatic heterocycles. The molecule has 1 heterocycles. The van der Waals surface area contributed by atoms with Crippen LogP contribution in [0.2, 0.25) is 0 Å². The molecule has 0 bridgehead atoms. The third kappa shape index (κ3) is 8.41. The van der Waals surface area contributed by atoms with Crippen molar-refractivity contribution in [2.45, 2.75) is 51.2 Å². The molecule has 1 aromatic carbocycles. The van der Waals surface area contributed by atoms with Gasteiger partial charge in [0.25, 0.3) is 0 Å². The molecule has 32 heavy (non-hydrogen) atoms. The highest BCUT2D eigenvalue weighted by atomic mass is 127. The second kappa shape index (κ2) is 14.3. The van der Waals surface area contributed by atoms with Crippen LogP contribution in [0.25, 0.3) is 0 Å². The molecule has 1 aliphatic heterocycles. The molecule has 8 heteroatoms. The molecule has 1 amide bonds. The minimum Gasteiger partial charge on any atom is -0.355 e. The van der Waals surface area contributed by atoms with Gasteiger partial charge in [0.05, 0.1) is 0 Å². The van der Waals surface area contributed by atoms with Crippen molar-refractivity contribution in [2.75, 3.05) is 45.2 Å². The summed E-state index contributed by atoms with van der Waals surface area (Å²) in [6.45, 7) is 5.86. The summed E-state index contributed by atoms with van der Waals surface area (Å²) in [5.74, 6) is 3.63. The van der Waals surface area contributed by atoms with Gasteiger partial charge in [0.15, 0.2) is 5.96 Å². The van der Waals surface area contributed by atoms with E-state index in [1.54, 1.807) is 0 Å². The number of nitrogens with zero attached hydrogens (tertiary/aromatic N) is 3. The fourth-order valence-electron chi connectivity index (χ4n) is 4.34. The molecule has 2 fully saturated rings. The molecule has 2 aliphatic rings. The molecular weight excluding hydrogens is 533 g/mol. The molecule has 1 aromatic rings. The highest BCUT2D eigenvalue weighted by molar-refractivity contribution is 14.0. The molecule has 180 valence electrons. The number of carbonyl (C=O) groups excluding carboxylic acids is 1. The number of hydrogen-bond acceptors (Lipinski definition) is 4. The number of guanidine groups is 1. The number of halogens is 1. The Morgan fingerprint density at radius 1 is 1.19 bits per heavy atom. The van der Waals surface area contributed by atoms with Crippen molar-refractivity contribution in [3.05, 3.63) is 35.9 Å². The van der Waals surface area contributed by atoms with Crippen molar-refractivity contribution in [3.8, 4) is 0 Å². The van der Waals surface area contributed by atoms with Gasteiger partial charge < -0.3 is 15.5 Å². The molecule has 1 saturated heterocycles. The van der Waals surface area contributed by atoms with Crippen LogP contribution < -0.4 is 10.6 Å². The van der Waals surface area contributed by atoms with Crippen LogP contribution in [0.5, 0.6) is 0 Å². The van der Waals surface area contributed by atoms with Crippen molar-refractivity contribution in [1.82, 2.24) is 20.4 Å². The number of hydrogen-bond donors (Lipinski definition) is 2. The van der Waals surface area contributed by atoms with Crippen LogP contribution in [-0.2, 0) is 11.3 Å². The summed E-state index contributed by atoms with van der Waals surface area (Å²) in [5, 5.41) is 7.07. The average Bonchev–Trinajstić information content (AvgIpc) is 2.82. The SMILES string of the molecule is CN=C(NCC(C)N(C)Cc1ccccc1)NC1CCC(C(=O)N2CCSCC2)CC1.I. The molecule has 0 spiro atoms. The smallest absolute Gasteiger partial charge is 0.225 e. The lowest BCUT2D eigenvalue weighted by molar-refractivity contribution is -0.136. The van der Waals surface area contributed by atoms with Crippen LogP contribution in [-0.4, -0.2) is 79.0 Å². The van der Waals surface area contributed by atoms with Crippen molar-refractivity contribution < 1.29 is 4.79 Å². The van der Waals surface area contributed by atoms with Gasteiger partial charge in [-0.2, -0.15) is 11.8 Å². The van der Waals surface area contributed by atoms with E-state index in [2.05, 4.69) is 69.7 Å². The van der Waals surface area contributed by atoms with Gasteiger partial charge in [0, 0.05) is 62.7 Å². The van der Waals surface area contributed by atoms with Gasteiger partial charge in [-0.25, -0.2) is 0 Å². The zero-order valence-corrected chi connectivity index (χ0v) is 22.9. The second-order valence-corrected chi connectivity index (χ2v) is 10.1. The number of benzene rings is 1. The van der Waals surface area contributed by atoms with Gasteiger partial charge in [-0.1, -0.05) is 30.3 Å². The fourth-order valence-corrected chi connectivity index (χ4v) is 5.25. The zero-order valence-electron chi connectivity index (χ0n) is 19.8. The number of amides is 1. The molecule has 1 unspecified atom stereocenters. The monoisotopic (exact) mass is 573 g/mol. The quantitative estimate of drug-likeness (QED) is 0.298. The zero-order chi connectivity index (χ0) is 22.1. The molecular formula is C24H40IN5OS. The number of likely N-dealkylation sites (N-methyl/N-ethyl adjacent to an activating group) is 1. The van der Waals surface area contributed by atoms with Gasteiger partial charge in [0.1, 0.15) is 0 Å². The third-order valence-corrected chi connectivity index (χ3v) is 7.50. The first-order valence-corrected chi connectivity index (χ1v) is 12.8. The minimum atomic E-state index is 0. The number of thioether (sulfide) groups is 1. The van der Waals surface area contributed by atoms with Crippen LogP contribution in [0.15, 0.2) is 35.3 Å². The summed E-state index contributed by atoms with van der Waals surface area (Å²) in [6, 6.07) is 11.3. The Morgan fingerprint density at radius 2 is 1.84 bits per heavy atom. The van der Waals surface area contributed by atoms with E-state index in [1.165, 1.54) is 5.56 Å². The Labute approximate surface area is 215 Å². The van der Waals surface area contributed by atoms with Gasteiger partial charge in [0.2, 0.25) is 5.91 Å². The molecule has 1 aliphatic carbocycles.